The SMILES string of the molecule is Cc1cc(C#CCCO)ccc1NC(=O)C1CCCC1. The zero-order valence-electron chi connectivity index (χ0n) is 11.9. The molecule has 20 heavy (non-hydrogen) atoms. The third-order valence-electron chi connectivity index (χ3n) is 3.68. The number of amides is 1. The summed E-state index contributed by atoms with van der Waals surface area (Å²) >= 11 is 0. The van der Waals surface area contributed by atoms with Gasteiger partial charge >= 0.3 is 0 Å². The molecule has 0 atom stereocenters. The smallest absolute Gasteiger partial charge is 0.227 e. The standard InChI is InChI=1S/C17H21NO2/c1-13-12-14(6-4-5-11-19)9-10-16(13)18-17(20)15-7-2-3-8-15/h9-10,12,15,19H,2-3,5,7-8,11H2,1H3,(H,18,20). The van der Waals surface area contributed by atoms with Crippen LogP contribution in [0.3, 0.4) is 0 Å². The van der Waals surface area contributed by atoms with Gasteiger partial charge in [-0.25, -0.2) is 0 Å². The van der Waals surface area contributed by atoms with E-state index in [1.165, 1.54) is 0 Å². The maximum absolute atomic E-state index is 12.1. The molecule has 0 saturated heterocycles. The third kappa shape index (κ3) is 3.85. The van der Waals surface area contributed by atoms with Crippen LogP contribution in [0.2, 0.25) is 0 Å². The highest BCUT2D eigenvalue weighted by molar-refractivity contribution is 5.93. The monoisotopic (exact) mass is 271 g/mol. The molecule has 1 amide bonds. The number of carbonyl (C=O) groups excluding carboxylic acids is 1. The van der Waals surface area contributed by atoms with Crippen LogP contribution in [0.15, 0.2) is 18.2 Å². The molecule has 0 spiro atoms. The first-order valence-electron chi connectivity index (χ1n) is 7.22. The van der Waals surface area contributed by atoms with Gasteiger partial charge in [0.1, 0.15) is 0 Å². The molecule has 0 bridgehead atoms. The molecule has 1 aromatic carbocycles. The number of rotatable bonds is 3. The zero-order valence-corrected chi connectivity index (χ0v) is 11.9. The molecule has 2 N–H and O–H groups in total. The normalized spacial score (nSPS) is 14.7. The van der Waals surface area contributed by atoms with Crippen LogP contribution < -0.4 is 5.32 Å². The summed E-state index contributed by atoms with van der Waals surface area (Å²) in [6, 6.07) is 5.78. The molecule has 0 unspecified atom stereocenters. The molecule has 2 rings (SSSR count). The van der Waals surface area contributed by atoms with Crippen LogP contribution in [-0.2, 0) is 4.79 Å². The minimum Gasteiger partial charge on any atom is -0.395 e. The van der Waals surface area contributed by atoms with E-state index >= 15 is 0 Å². The number of anilines is 1. The first-order chi connectivity index (χ1) is 9.70. The van der Waals surface area contributed by atoms with Gasteiger partial charge in [-0.3, -0.25) is 4.79 Å². The van der Waals surface area contributed by atoms with Crippen molar-refractivity contribution in [2.45, 2.75) is 39.0 Å². The summed E-state index contributed by atoms with van der Waals surface area (Å²) < 4.78 is 0. The number of benzene rings is 1. The number of aryl methyl sites for hydroxylation is 1. The van der Waals surface area contributed by atoms with Gasteiger partial charge in [0.2, 0.25) is 5.91 Å². The van der Waals surface area contributed by atoms with Gasteiger partial charge < -0.3 is 10.4 Å². The quantitative estimate of drug-likeness (QED) is 0.831. The number of aliphatic hydroxyl groups excluding tert-OH is 1. The van der Waals surface area contributed by atoms with Crippen molar-refractivity contribution < 1.29 is 9.90 Å². The predicted molar refractivity (Wildman–Crippen MR) is 80.3 cm³/mol. The lowest BCUT2D eigenvalue weighted by Crippen LogP contribution is -2.20. The van der Waals surface area contributed by atoms with E-state index in [4.69, 9.17) is 5.11 Å². The Labute approximate surface area is 120 Å². The second kappa shape index (κ2) is 7.12. The van der Waals surface area contributed by atoms with Crippen molar-refractivity contribution in [3.8, 4) is 11.8 Å². The van der Waals surface area contributed by atoms with Gasteiger partial charge in [0.05, 0.1) is 6.61 Å². The lowest BCUT2D eigenvalue weighted by atomic mass is 10.1. The Morgan fingerprint density at radius 2 is 2.15 bits per heavy atom. The average Bonchev–Trinajstić information content (AvgIpc) is 2.96. The van der Waals surface area contributed by atoms with Crippen LogP contribution in [0.5, 0.6) is 0 Å². The summed E-state index contributed by atoms with van der Waals surface area (Å²) in [5, 5.41) is 11.7. The highest BCUT2D eigenvalue weighted by Gasteiger charge is 2.22. The lowest BCUT2D eigenvalue weighted by molar-refractivity contribution is -0.119. The number of nitrogens with one attached hydrogen (secondary N) is 1. The second-order valence-electron chi connectivity index (χ2n) is 5.28. The Morgan fingerprint density at radius 1 is 1.40 bits per heavy atom. The summed E-state index contributed by atoms with van der Waals surface area (Å²) in [4.78, 5) is 12.1. The summed E-state index contributed by atoms with van der Waals surface area (Å²) in [6.45, 7) is 2.06. The van der Waals surface area contributed by atoms with Crippen LogP contribution in [0, 0.1) is 24.7 Å². The molecule has 0 radical (unpaired) electrons. The fourth-order valence-corrected chi connectivity index (χ4v) is 2.52. The molecule has 1 saturated carbocycles. The molecule has 0 aliphatic heterocycles. The molecule has 0 aromatic heterocycles. The van der Waals surface area contributed by atoms with E-state index in [1.54, 1.807) is 0 Å². The number of aliphatic hydroxyl groups is 1. The summed E-state index contributed by atoms with van der Waals surface area (Å²) in [6.07, 6.45) is 4.83. The molecule has 3 nitrogen and oxygen atoms in total. The van der Waals surface area contributed by atoms with Crippen LogP contribution in [0.25, 0.3) is 0 Å². The number of hydrogen-bond donors (Lipinski definition) is 2. The van der Waals surface area contributed by atoms with Crippen molar-refractivity contribution in [1.29, 1.82) is 0 Å². The van der Waals surface area contributed by atoms with Crippen molar-refractivity contribution in [2.75, 3.05) is 11.9 Å². The molecule has 1 aliphatic carbocycles. The van der Waals surface area contributed by atoms with Crippen molar-refractivity contribution in [3.05, 3.63) is 29.3 Å². The molecule has 3 heteroatoms. The van der Waals surface area contributed by atoms with Gasteiger partial charge in [0.15, 0.2) is 0 Å². The predicted octanol–water partition coefficient (Wildman–Crippen LogP) is 2.86. The Kier molecular flexibility index (Phi) is 5.20. The largest absolute Gasteiger partial charge is 0.395 e. The fraction of sp³-hybridized carbons (Fsp3) is 0.471. The molecular formula is C17H21NO2. The molecule has 1 aromatic rings. The van der Waals surface area contributed by atoms with Gasteiger partial charge in [-0.1, -0.05) is 24.7 Å². The van der Waals surface area contributed by atoms with Gasteiger partial charge in [0.25, 0.3) is 0 Å². The van der Waals surface area contributed by atoms with Crippen LogP contribution in [0.1, 0.15) is 43.2 Å². The van der Waals surface area contributed by atoms with E-state index in [0.29, 0.717) is 6.42 Å². The second-order valence-corrected chi connectivity index (χ2v) is 5.28. The minimum atomic E-state index is 0.0848. The topological polar surface area (TPSA) is 49.3 Å². The summed E-state index contributed by atoms with van der Waals surface area (Å²) in [5.41, 5.74) is 2.80. The van der Waals surface area contributed by atoms with E-state index in [2.05, 4.69) is 17.2 Å². The third-order valence-corrected chi connectivity index (χ3v) is 3.68. The minimum absolute atomic E-state index is 0.0848. The Hall–Kier alpha value is -1.79. The van der Waals surface area contributed by atoms with E-state index in [-0.39, 0.29) is 18.4 Å². The van der Waals surface area contributed by atoms with Gasteiger partial charge in [-0.05, 0) is 43.5 Å². The Bertz CT molecular complexity index is 534. The average molecular weight is 271 g/mol. The highest BCUT2D eigenvalue weighted by atomic mass is 16.2. The van der Waals surface area contributed by atoms with Gasteiger partial charge in [-0.15, -0.1) is 0 Å². The van der Waals surface area contributed by atoms with E-state index < -0.39 is 0 Å². The maximum Gasteiger partial charge on any atom is 0.227 e. The van der Waals surface area contributed by atoms with Crippen molar-refractivity contribution in [3.63, 3.8) is 0 Å². The number of carbonyl (C=O) groups is 1. The molecule has 106 valence electrons. The fourth-order valence-electron chi connectivity index (χ4n) is 2.52. The summed E-state index contributed by atoms with van der Waals surface area (Å²) in [5.74, 6) is 6.22. The van der Waals surface area contributed by atoms with Crippen LogP contribution in [0.4, 0.5) is 5.69 Å². The number of hydrogen-bond acceptors (Lipinski definition) is 2. The van der Waals surface area contributed by atoms with Gasteiger partial charge in [-0.2, -0.15) is 0 Å². The summed E-state index contributed by atoms with van der Waals surface area (Å²) in [7, 11) is 0. The molecular weight excluding hydrogens is 250 g/mol. The van der Waals surface area contributed by atoms with Gasteiger partial charge in [0, 0.05) is 23.6 Å². The van der Waals surface area contributed by atoms with Crippen molar-refractivity contribution in [2.24, 2.45) is 5.92 Å². The highest BCUT2D eigenvalue weighted by Crippen LogP contribution is 2.26. The van der Waals surface area contributed by atoms with E-state index in [1.807, 2.05) is 25.1 Å². The Balaban J connectivity index is 2.02. The van der Waals surface area contributed by atoms with Crippen LogP contribution in [-0.4, -0.2) is 17.6 Å². The van der Waals surface area contributed by atoms with Crippen molar-refractivity contribution >= 4 is 11.6 Å². The van der Waals surface area contributed by atoms with Crippen molar-refractivity contribution in [1.82, 2.24) is 0 Å². The van der Waals surface area contributed by atoms with Crippen LogP contribution >= 0.6 is 0 Å². The zero-order chi connectivity index (χ0) is 14.4. The first-order valence-corrected chi connectivity index (χ1v) is 7.22. The molecule has 1 fully saturated rings. The van der Waals surface area contributed by atoms with E-state index in [0.717, 1.165) is 42.5 Å². The molecule has 1 aliphatic rings. The van der Waals surface area contributed by atoms with E-state index in [9.17, 15) is 4.79 Å². The first kappa shape index (κ1) is 14.6. The Morgan fingerprint density at radius 3 is 2.80 bits per heavy atom. The molecule has 0 heterocycles. The maximum atomic E-state index is 12.1. The lowest BCUT2D eigenvalue weighted by Gasteiger charge is -2.12.